The molecule has 0 saturated heterocycles. The number of hydrogen-bond acceptors (Lipinski definition) is 5. The predicted molar refractivity (Wildman–Crippen MR) is 160 cm³/mol. The molecule has 0 aliphatic carbocycles. The minimum atomic E-state index is -3.73. The van der Waals surface area contributed by atoms with Crippen molar-refractivity contribution >= 4 is 90.8 Å². The molecule has 3 aromatic rings. The molecule has 1 N–H and O–H groups in total. The number of allylic oxidation sites excluding steroid dienone is 2. The van der Waals surface area contributed by atoms with Gasteiger partial charge in [-0.15, -0.1) is 0 Å². The van der Waals surface area contributed by atoms with Gasteiger partial charge in [0.05, 0.1) is 44.3 Å². The molecule has 0 bridgehead atoms. The van der Waals surface area contributed by atoms with Crippen LogP contribution in [0.5, 0.6) is 0 Å². The molecule has 2 heterocycles. The fraction of sp³-hybridized carbons (Fsp3) is 0.308. The molecule has 0 atom stereocenters. The van der Waals surface area contributed by atoms with Gasteiger partial charge in [-0.1, -0.05) is 52.5 Å². The molecule has 1 aromatic heterocycles. The van der Waals surface area contributed by atoms with E-state index in [0.717, 1.165) is 29.0 Å². The number of benzene rings is 2. The average molecular weight is 632 g/mol. The van der Waals surface area contributed by atoms with E-state index in [-0.39, 0.29) is 6.54 Å². The predicted octanol–water partition coefficient (Wildman–Crippen LogP) is 5.86. The minimum Gasteiger partial charge on any atom is -0.326 e. The summed E-state index contributed by atoms with van der Waals surface area (Å²) >= 11 is 25.3. The van der Waals surface area contributed by atoms with Crippen LogP contribution < -0.4 is 19.1 Å². The highest BCUT2D eigenvalue weighted by Gasteiger charge is 2.30. The second-order valence-corrected chi connectivity index (χ2v) is 12.2. The van der Waals surface area contributed by atoms with Gasteiger partial charge in [-0.05, 0) is 39.0 Å². The van der Waals surface area contributed by atoms with E-state index in [0.29, 0.717) is 51.1 Å². The molecule has 1 aliphatic rings. The van der Waals surface area contributed by atoms with Crippen molar-refractivity contribution in [2.75, 3.05) is 29.1 Å². The Morgan fingerprint density at radius 1 is 0.897 bits per heavy atom. The number of imidazole rings is 1. The van der Waals surface area contributed by atoms with Crippen LogP contribution in [0.25, 0.3) is 17.1 Å². The first-order valence-corrected chi connectivity index (χ1v) is 15.6. The summed E-state index contributed by atoms with van der Waals surface area (Å²) in [6.07, 6.45) is 6.68. The fourth-order valence-corrected chi connectivity index (χ4v) is 5.94. The summed E-state index contributed by atoms with van der Waals surface area (Å²) in [5, 5.41) is 1.67. The van der Waals surface area contributed by atoms with Crippen LogP contribution in [0.3, 0.4) is 0 Å². The number of hydrogen-bond donors (Lipinski definition) is 1. The van der Waals surface area contributed by atoms with Gasteiger partial charge in [0.15, 0.2) is 17.6 Å². The molecule has 0 unspecified atom stereocenters. The van der Waals surface area contributed by atoms with Crippen LogP contribution >= 0.6 is 46.4 Å². The van der Waals surface area contributed by atoms with Crippen molar-refractivity contribution in [3.63, 3.8) is 0 Å². The lowest BCUT2D eigenvalue weighted by Gasteiger charge is -2.23. The van der Waals surface area contributed by atoms with Gasteiger partial charge in [-0.25, -0.2) is 22.3 Å². The lowest BCUT2D eigenvalue weighted by Crippen LogP contribution is -2.46. The molecule has 13 heteroatoms. The highest BCUT2D eigenvalue weighted by Crippen LogP contribution is 2.45. The molecular weight excluding hydrogens is 604 g/mol. The van der Waals surface area contributed by atoms with Gasteiger partial charge in [0, 0.05) is 31.3 Å². The topological polar surface area (TPSA) is 78.5 Å². The molecule has 0 fully saturated rings. The Bertz CT molecular complexity index is 1590. The molecule has 0 radical (unpaired) electrons. The van der Waals surface area contributed by atoms with Gasteiger partial charge in [-0.3, -0.25) is 4.79 Å². The standard InChI is InChI=1S/C26H27Cl4N5O3S/c1-5-32-20-11-16(27)17(28)12-21(20)33(6-2)25(32)9-8-10-26-34(7-3)22-13-18(29)19(30)14-23(22)35(26)15-24(36)31-39(4,37)38/h8-14H,5-7,15H2,1-4H3/p+1. The summed E-state index contributed by atoms with van der Waals surface area (Å²) in [6.45, 7) is 7.82. The van der Waals surface area contributed by atoms with Crippen molar-refractivity contribution in [2.45, 2.75) is 33.9 Å². The number of nitrogens with zero attached hydrogens (tertiary/aromatic N) is 4. The Morgan fingerprint density at radius 2 is 1.44 bits per heavy atom. The van der Waals surface area contributed by atoms with Crippen LogP contribution in [0.2, 0.25) is 20.1 Å². The molecule has 208 valence electrons. The van der Waals surface area contributed by atoms with Crippen LogP contribution in [-0.2, 0) is 27.9 Å². The van der Waals surface area contributed by atoms with Crippen molar-refractivity contribution < 1.29 is 17.8 Å². The summed E-state index contributed by atoms with van der Waals surface area (Å²) in [5.41, 5.74) is 3.33. The molecule has 1 aliphatic heterocycles. The molecule has 8 nitrogen and oxygen atoms in total. The Kier molecular flexibility index (Phi) is 8.78. The maximum atomic E-state index is 12.7. The molecule has 0 saturated carbocycles. The molecule has 4 rings (SSSR count). The number of aromatic nitrogens is 2. The number of fused-ring (bicyclic) bond motifs is 2. The number of aryl methyl sites for hydroxylation is 1. The SMILES string of the molecule is CCN1C(=CC=Cc2n(CC)c3cc(Cl)c(Cl)cc3[n+]2CC(=O)NS(C)(=O)=O)N(CC)c2cc(Cl)c(Cl)cc21. The molecule has 39 heavy (non-hydrogen) atoms. The van der Waals surface area contributed by atoms with Gasteiger partial charge < -0.3 is 9.80 Å². The Labute approximate surface area is 248 Å². The van der Waals surface area contributed by atoms with E-state index in [1.54, 1.807) is 16.7 Å². The lowest BCUT2D eigenvalue weighted by atomic mass is 10.2. The highest BCUT2D eigenvalue weighted by atomic mass is 35.5. The van der Waals surface area contributed by atoms with Gasteiger partial charge in [0.1, 0.15) is 5.82 Å². The number of amides is 1. The van der Waals surface area contributed by atoms with E-state index in [4.69, 9.17) is 46.4 Å². The molecular formula is C26H28Cl4N5O3S+. The fourth-order valence-electron chi connectivity index (χ4n) is 4.83. The number of carbonyl (C=O) groups is 1. The number of anilines is 2. The average Bonchev–Trinajstić information content (AvgIpc) is 3.29. The third-order valence-electron chi connectivity index (χ3n) is 6.34. The maximum absolute atomic E-state index is 12.7. The molecule has 2 aromatic carbocycles. The van der Waals surface area contributed by atoms with Crippen molar-refractivity contribution in [3.05, 3.63) is 68.2 Å². The van der Waals surface area contributed by atoms with E-state index >= 15 is 0 Å². The third kappa shape index (κ3) is 5.88. The van der Waals surface area contributed by atoms with E-state index in [1.165, 1.54) is 0 Å². The zero-order chi connectivity index (χ0) is 28.6. The number of sulfonamides is 1. The molecule has 1 amide bonds. The number of rotatable bonds is 8. The van der Waals surface area contributed by atoms with Gasteiger partial charge in [0.25, 0.3) is 11.7 Å². The second kappa shape index (κ2) is 11.6. The third-order valence-corrected chi connectivity index (χ3v) is 8.39. The van der Waals surface area contributed by atoms with E-state index in [2.05, 4.69) is 23.6 Å². The van der Waals surface area contributed by atoms with Gasteiger partial charge >= 0.3 is 0 Å². The van der Waals surface area contributed by atoms with Crippen LogP contribution in [0, 0.1) is 0 Å². The first-order valence-electron chi connectivity index (χ1n) is 12.2. The number of nitrogens with one attached hydrogen (secondary N) is 1. The van der Waals surface area contributed by atoms with E-state index < -0.39 is 15.9 Å². The lowest BCUT2D eigenvalue weighted by molar-refractivity contribution is -0.661. The van der Waals surface area contributed by atoms with E-state index in [9.17, 15) is 13.2 Å². The quantitative estimate of drug-likeness (QED) is 0.315. The summed E-state index contributed by atoms with van der Waals surface area (Å²) in [6, 6.07) is 7.15. The largest absolute Gasteiger partial charge is 0.326 e. The smallest absolute Gasteiger partial charge is 0.282 e. The zero-order valence-corrected chi connectivity index (χ0v) is 25.6. The van der Waals surface area contributed by atoms with Crippen molar-refractivity contribution in [3.8, 4) is 0 Å². The summed E-state index contributed by atoms with van der Waals surface area (Å²) in [7, 11) is -3.73. The highest BCUT2D eigenvalue weighted by molar-refractivity contribution is 7.89. The zero-order valence-electron chi connectivity index (χ0n) is 21.8. The summed E-state index contributed by atoms with van der Waals surface area (Å²) < 4.78 is 29.1. The Morgan fingerprint density at radius 3 is 1.95 bits per heavy atom. The van der Waals surface area contributed by atoms with E-state index in [1.807, 2.05) is 46.6 Å². The number of halogens is 4. The van der Waals surface area contributed by atoms with Crippen molar-refractivity contribution in [1.82, 2.24) is 9.29 Å². The van der Waals surface area contributed by atoms with Crippen LogP contribution in [0.1, 0.15) is 26.6 Å². The molecule has 0 spiro atoms. The first kappa shape index (κ1) is 29.6. The van der Waals surface area contributed by atoms with Gasteiger partial charge in [-0.2, -0.15) is 0 Å². The minimum absolute atomic E-state index is 0.241. The number of carbonyl (C=O) groups excluding carboxylic acids is 1. The van der Waals surface area contributed by atoms with Crippen LogP contribution in [0.15, 0.2) is 42.2 Å². The van der Waals surface area contributed by atoms with Crippen LogP contribution in [0.4, 0.5) is 11.4 Å². The Balaban J connectivity index is 1.83. The summed E-state index contributed by atoms with van der Waals surface area (Å²) in [4.78, 5) is 16.9. The van der Waals surface area contributed by atoms with Gasteiger partial charge in [0.2, 0.25) is 10.0 Å². The van der Waals surface area contributed by atoms with Crippen molar-refractivity contribution in [1.29, 1.82) is 0 Å². The summed E-state index contributed by atoms with van der Waals surface area (Å²) in [5.74, 6) is 0.932. The second-order valence-electron chi connectivity index (χ2n) is 8.87. The maximum Gasteiger partial charge on any atom is 0.282 e. The van der Waals surface area contributed by atoms with Crippen LogP contribution in [-0.4, -0.2) is 38.2 Å². The Hall–Kier alpha value is -2.43. The normalized spacial score (nSPS) is 13.6. The first-order chi connectivity index (χ1) is 18.4. The monoisotopic (exact) mass is 630 g/mol. The van der Waals surface area contributed by atoms with Crippen molar-refractivity contribution in [2.24, 2.45) is 0 Å².